The monoisotopic (exact) mass is 355 g/mol. The van der Waals surface area contributed by atoms with E-state index in [4.69, 9.17) is 0 Å². The van der Waals surface area contributed by atoms with Crippen molar-refractivity contribution in [1.29, 1.82) is 0 Å². The summed E-state index contributed by atoms with van der Waals surface area (Å²) in [6.07, 6.45) is 9.72. The Morgan fingerprint density at radius 3 is 2.80 bits per heavy atom. The van der Waals surface area contributed by atoms with E-state index in [-0.39, 0.29) is 11.9 Å². The van der Waals surface area contributed by atoms with E-state index in [1.54, 1.807) is 10.7 Å². The van der Waals surface area contributed by atoms with Crippen LogP contribution in [-0.4, -0.2) is 36.4 Å². The summed E-state index contributed by atoms with van der Waals surface area (Å²) in [6.45, 7) is 0. The van der Waals surface area contributed by atoms with Crippen molar-refractivity contribution in [3.63, 3.8) is 0 Å². The molecule has 7 heteroatoms. The van der Waals surface area contributed by atoms with Gasteiger partial charge >= 0.3 is 0 Å². The summed E-state index contributed by atoms with van der Waals surface area (Å²) in [6, 6.07) is 7.79. The molecule has 1 fully saturated rings. The van der Waals surface area contributed by atoms with Gasteiger partial charge in [-0.25, -0.2) is 9.50 Å². The summed E-state index contributed by atoms with van der Waals surface area (Å²) in [5.41, 5.74) is 1.52. The van der Waals surface area contributed by atoms with Gasteiger partial charge in [0.05, 0.1) is 11.7 Å². The van der Waals surface area contributed by atoms with Gasteiger partial charge < -0.3 is 9.88 Å². The number of nitrogens with zero attached hydrogens (tertiary/aromatic N) is 4. The zero-order valence-electron chi connectivity index (χ0n) is 14.1. The van der Waals surface area contributed by atoms with Crippen LogP contribution in [0.4, 0.5) is 0 Å². The zero-order valence-corrected chi connectivity index (χ0v) is 14.9. The molecular formula is C18H21N5OS. The molecule has 0 spiro atoms. The quantitative estimate of drug-likeness (QED) is 0.782. The second-order valence-corrected chi connectivity index (χ2v) is 7.73. The molecule has 3 aromatic rings. The second kappa shape index (κ2) is 6.92. The number of nitrogens with one attached hydrogen (secondary N) is 1. The van der Waals surface area contributed by atoms with Gasteiger partial charge in [0.2, 0.25) is 0 Å². The summed E-state index contributed by atoms with van der Waals surface area (Å²) in [7, 11) is 2.02. The van der Waals surface area contributed by atoms with Gasteiger partial charge in [-0.2, -0.15) is 5.10 Å². The van der Waals surface area contributed by atoms with Gasteiger partial charge in [0, 0.05) is 30.7 Å². The smallest absolute Gasteiger partial charge is 0.270 e. The molecule has 4 rings (SSSR count). The number of hydrogen-bond acceptors (Lipinski definition) is 4. The number of carbonyl (C=O) groups excluding carboxylic acids is 1. The van der Waals surface area contributed by atoms with Crippen LogP contribution < -0.4 is 5.32 Å². The van der Waals surface area contributed by atoms with E-state index in [0.717, 1.165) is 36.4 Å². The number of fused-ring (bicyclic) bond motifs is 1. The highest BCUT2D eigenvalue weighted by Crippen LogP contribution is 2.32. The Bertz CT molecular complexity index is 878. The van der Waals surface area contributed by atoms with E-state index in [9.17, 15) is 4.79 Å². The van der Waals surface area contributed by atoms with Crippen molar-refractivity contribution in [1.82, 2.24) is 24.5 Å². The highest BCUT2D eigenvalue weighted by atomic mass is 32.2. The van der Waals surface area contributed by atoms with E-state index < -0.39 is 0 Å². The number of rotatable bonds is 4. The molecule has 1 saturated carbocycles. The Balaban J connectivity index is 1.35. The van der Waals surface area contributed by atoms with Crippen LogP contribution in [0.15, 0.2) is 48.0 Å². The third kappa shape index (κ3) is 3.42. The zero-order chi connectivity index (χ0) is 17.2. The van der Waals surface area contributed by atoms with Crippen LogP contribution in [0.25, 0.3) is 5.52 Å². The molecule has 0 saturated heterocycles. The molecule has 0 aliphatic heterocycles. The number of hydrogen-bond donors (Lipinski definition) is 1. The average Bonchev–Trinajstić information content (AvgIpc) is 3.25. The normalized spacial score (nSPS) is 20.7. The Morgan fingerprint density at radius 2 is 2.04 bits per heavy atom. The summed E-state index contributed by atoms with van der Waals surface area (Å²) < 4.78 is 3.75. The van der Waals surface area contributed by atoms with Crippen molar-refractivity contribution >= 4 is 23.2 Å². The maximum Gasteiger partial charge on any atom is 0.270 e. The maximum absolute atomic E-state index is 12.6. The molecule has 1 amide bonds. The largest absolute Gasteiger partial charge is 0.348 e. The Labute approximate surface area is 150 Å². The van der Waals surface area contributed by atoms with Crippen molar-refractivity contribution in [3.05, 3.63) is 48.5 Å². The van der Waals surface area contributed by atoms with Crippen LogP contribution in [0.1, 0.15) is 36.2 Å². The topological polar surface area (TPSA) is 64.2 Å². The van der Waals surface area contributed by atoms with Crippen LogP contribution in [0.3, 0.4) is 0 Å². The van der Waals surface area contributed by atoms with Crippen LogP contribution in [0, 0.1) is 0 Å². The van der Waals surface area contributed by atoms with Crippen molar-refractivity contribution < 1.29 is 4.79 Å². The first kappa shape index (κ1) is 16.2. The fourth-order valence-electron chi connectivity index (χ4n) is 3.32. The van der Waals surface area contributed by atoms with Crippen LogP contribution in [0.2, 0.25) is 0 Å². The molecule has 0 unspecified atom stereocenters. The Hall–Kier alpha value is -2.28. The number of aromatic nitrogens is 4. The third-order valence-electron chi connectivity index (χ3n) is 4.71. The Morgan fingerprint density at radius 1 is 1.20 bits per heavy atom. The van der Waals surface area contributed by atoms with Gasteiger partial charge in [0.25, 0.3) is 5.91 Å². The molecule has 1 N–H and O–H groups in total. The summed E-state index contributed by atoms with van der Waals surface area (Å²) in [5.74, 6) is -0.0468. The number of imidazole rings is 1. The number of thioether (sulfide) groups is 1. The van der Waals surface area contributed by atoms with Gasteiger partial charge in [-0.3, -0.25) is 4.79 Å². The van der Waals surface area contributed by atoms with Gasteiger partial charge in [-0.1, -0.05) is 17.8 Å². The van der Waals surface area contributed by atoms with Crippen molar-refractivity contribution in [2.45, 2.75) is 42.1 Å². The molecule has 3 aromatic heterocycles. The first-order chi connectivity index (χ1) is 12.2. The highest BCUT2D eigenvalue weighted by Gasteiger charge is 2.25. The Kier molecular flexibility index (Phi) is 4.48. The van der Waals surface area contributed by atoms with Crippen LogP contribution >= 0.6 is 11.8 Å². The molecule has 0 radical (unpaired) electrons. The lowest BCUT2D eigenvalue weighted by Gasteiger charge is -2.28. The average molecular weight is 355 g/mol. The first-order valence-corrected chi connectivity index (χ1v) is 9.46. The fourth-order valence-corrected chi connectivity index (χ4v) is 4.48. The predicted molar refractivity (Wildman–Crippen MR) is 97.8 cm³/mol. The van der Waals surface area contributed by atoms with Gasteiger partial charge in [-0.15, -0.1) is 0 Å². The predicted octanol–water partition coefficient (Wildman–Crippen LogP) is 2.90. The minimum atomic E-state index is -0.0468. The van der Waals surface area contributed by atoms with Gasteiger partial charge in [-0.05, 0) is 43.9 Å². The summed E-state index contributed by atoms with van der Waals surface area (Å²) in [5, 5.41) is 9.06. The molecule has 130 valence electrons. The fraction of sp³-hybridized carbons (Fsp3) is 0.389. The van der Waals surface area contributed by atoms with Crippen molar-refractivity contribution in [3.8, 4) is 0 Å². The number of pyridine rings is 1. The lowest BCUT2D eigenvalue weighted by Crippen LogP contribution is -2.38. The van der Waals surface area contributed by atoms with E-state index in [2.05, 4.69) is 20.0 Å². The number of amides is 1. The lowest BCUT2D eigenvalue weighted by atomic mass is 9.95. The highest BCUT2D eigenvalue weighted by molar-refractivity contribution is 7.99. The van der Waals surface area contributed by atoms with Gasteiger partial charge in [0.15, 0.2) is 5.16 Å². The van der Waals surface area contributed by atoms with Crippen molar-refractivity contribution in [2.75, 3.05) is 0 Å². The van der Waals surface area contributed by atoms with E-state index >= 15 is 0 Å². The first-order valence-electron chi connectivity index (χ1n) is 8.58. The number of carbonyl (C=O) groups is 1. The van der Waals surface area contributed by atoms with Crippen molar-refractivity contribution in [2.24, 2.45) is 7.05 Å². The summed E-state index contributed by atoms with van der Waals surface area (Å²) >= 11 is 1.84. The third-order valence-corrected chi connectivity index (χ3v) is 6.12. The number of aryl methyl sites for hydroxylation is 1. The molecule has 0 atom stereocenters. The molecule has 0 bridgehead atoms. The lowest BCUT2D eigenvalue weighted by molar-refractivity contribution is 0.0920. The van der Waals surface area contributed by atoms with Crippen LogP contribution in [0.5, 0.6) is 0 Å². The minimum absolute atomic E-state index is 0.0468. The molecule has 0 aromatic carbocycles. The maximum atomic E-state index is 12.6. The van der Waals surface area contributed by atoms with E-state index in [0.29, 0.717) is 10.9 Å². The molecule has 6 nitrogen and oxygen atoms in total. The summed E-state index contributed by atoms with van der Waals surface area (Å²) in [4.78, 5) is 17.0. The minimum Gasteiger partial charge on any atom is -0.348 e. The molecular weight excluding hydrogens is 334 g/mol. The SMILES string of the molecule is Cn1ccnc1SC1CCC(NC(=O)c2cccc3ccnn23)CC1. The molecule has 1 aliphatic carbocycles. The second-order valence-electron chi connectivity index (χ2n) is 6.46. The van der Waals surface area contributed by atoms with E-state index in [1.165, 1.54) is 0 Å². The molecule has 3 heterocycles. The van der Waals surface area contributed by atoms with Gasteiger partial charge in [0.1, 0.15) is 5.69 Å². The standard InChI is InChI=1S/C18H21N5OS/c1-22-12-11-19-18(22)25-15-7-5-13(6-8-15)21-17(24)16-4-2-3-14-9-10-20-23(14)16/h2-4,9-13,15H,5-8H2,1H3,(H,21,24). The molecule has 1 aliphatic rings. The molecule has 25 heavy (non-hydrogen) atoms. The van der Waals surface area contributed by atoms with E-state index in [1.807, 2.05) is 55.5 Å². The van der Waals surface area contributed by atoms with Crippen LogP contribution in [-0.2, 0) is 7.05 Å².